The Bertz CT molecular complexity index is 7.61. The third kappa shape index (κ3) is 23.5. The molecule has 0 rings (SSSR count). The van der Waals surface area contributed by atoms with Crippen LogP contribution in [0.15, 0.2) is 0 Å². The van der Waals surface area contributed by atoms with Crippen molar-refractivity contribution in [1.29, 1.82) is 0 Å². The van der Waals surface area contributed by atoms with E-state index in [1.54, 1.807) is 0 Å². The Kier molecular flexibility index (Phi) is 446. The maximum absolute atomic E-state index is 0. The van der Waals surface area contributed by atoms with Gasteiger partial charge in [-0.2, -0.15) is 0 Å². The third-order valence-electron chi connectivity index (χ3n) is 0. The van der Waals surface area contributed by atoms with Crippen molar-refractivity contribution in [1.82, 2.24) is 0 Å². The van der Waals surface area contributed by atoms with Gasteiger partial charge in [-0.15, -0.1) is 0 Å². The maximum Gasteiger partial charge on any atom is 2.00 e. The zero-order valence-corrected chi connectivity index (χ0v) is 6.25. The Balaban J connectivity index is 0. The van der Waals surface area contributed by atoms with Gasteiger partial charge in [-0.3, -0.25) is 0 Å². The molecule has 0 aromatic rings. The molecule has 0 saturated heterocycles. The van der Waals surface area contributed by atoms with Gasteiger partial charge >= 0.3 is 65.2 Å². The van der Waals surface area contributed by atoms with Crippen LogP contribution in [0.25, 0.3) is 0 Å². The molecule has 5 heteroatoms. The van der Waals surface area contributed by atoms with Crippen molar-refractivity contribution >= 4 is 0 Å². The van der Waals surface area contributed by atoms with Gasteiger partial charge in [0.25, 0.3) is 0 Å². The van der Waals surface area contributed by atoms with E-state index in [-0.39, 0.29) is 76.1 Å². The van der Waals surface area contributed by atoms with Crippen molar-refractivity contribution in [2.75, 3.05) is 0 Å². The van der Waals surface area contributed by atoms with E-state index in [2.05, 4.69) is 0 Å². The van der Waals surface area contributed by atoms with Gasteiger partial charge < -0.3 is 11.0 Å². The van der Waals surface area contributed by atoms with Crippen molar-refractivity contribution in [2.24, 2.45) is 0 Å². The Morgan fingerprint density at radius 1 is 0.600 bits per heavy atom. The summed E-state index contributed by atoms with van der Waals surface area (Å²) in [6.45, 7) is 0. The summed E-state index contributed by atoms with van der Waals surface area (Å²) in [7, 11) is 0. The summed E-state index contributed by atoms with van der Waals surface area (Å²) in [6.07, 6.45) is 0. The van der Waals surface area contributed by atoms with Crippen molar-refractivity contribution in [2.45, 2.75) is 0 Å². The Morgan fingerprint density at radius 3 is 0.600 bits per heavy atom. The number of hydrogen-bond donors (Lipinski definition) is 0. The summed E-state index contributed by atoms with van der Waals surface area (Å²) in [5.41, 5.74) is 0. The molecule has 0 fully saturated rings. The molecule has 0 aromatic carbocycles. The average Bonchev–Trinajstić information content (AvgIpc) is 0. The third-order valence-corrected chi connectivity index (χ3v) is 0. The SMILES string of the molecule is [Ag+].[Ag+].[O-2].[O-2].[Pd+2]. The first-order valence-corrected chi connectivity index (χ1v) is 0. The molecule has 0 N–H and O–H groups in total. The van der Waals surface area contributed by atoms with E-state index in [9.17, 15) is 0 Å². The molecular formula is Ag2O2Pd. The van der Waals surface area contributed by atoms with E-state index >= 15 is 0 Å². The van der Waals surface area contributed by atoms with Crippen molar-refractivity contribution in [3.63, 3.8) is 0 Å². The van der Waals surface area contributed by atoms with Crippen LogP contribution in [-0.2, 0) is 76.1 Å². The second kappa shape index (κ2) is 36.5. The van der Waals surface area contributed by atoms with Crippen LogP contribution in [0.2, 0.25) is 0 Å². The van der Waals surface area contributed by atoms with E-state index in [0.29, 0.717) is 0 Å². The first-order valence-electron chi connectivity index (χ1n) is 0. The van der Waals surface area contributed by atoms with Crippen LogP contribution in [0.4, 0.5) is 0 Å². The summed E-state index contributed by atoms with van der Waals surface area (Å²) in [6, 6.07) is 0. The first-order chi connectivity index (χ1) is 0. The molecule has 0 aliphatic rings. The summed E-state index contributed by atoms with van der Waals surface area (Å²) >= 11 is 0. The molecular weight excluding hydrogens is 354 g/mol. The van der Waals surface area contributed by atoms with Crippen LogP contribution in [0.5, 0.6) is 0 Å². The fourth-order valence-electron chi connectivity index (χ4n) is 0. The minimum absolute atomic E-state index is 0. The average molecular weight is 354 g/mol. The smallest absolute Gasteiger partial charge is 2.00 e. The van der Waals surface area contributed by atoms with Gasteiger partial charge in [0.05, 0.1) is 0 Å². The van der Waals surface area contributed by atoms with E-state index in [4.69, 9.17) is 0 Å². The summed E-state index contributed by atoms with van der Waals surface area (Å²) in [4.78, 5) is 0. The second-order valence-electron chi connectivity index (χ2n) is 0. The zero-order valence-electron chi connectivity index (χ0n) is 1.74. The Morgan fingerprint density at radius 2 is 0.600 bits per heavy atom. The molecule has 0 heterocycles. The van der Waals surface area contributed by atoms with Crippen LogP contribution in [-0.4, -0.2) is 0 Å². The Hall–Kier alpha value is 2.06. The first kappa shape index (κ1) is 61.0. The molecule has 2 nitrogen and oxygen atoms in total. The summed E-state index contributed by atoms with van der Waals surface area (Å²) in [5.74, 6) is 0. The fourth-order valence-corrected chi connectivity index (χ4v) is 0. The molecule has 0 saturated carbocycles. The summed E-state index contributed by atoms with van der Waals surface area (Å²) in [5, 5.41) is 0. The van der Waals surface area contributed by atoms with Crippen LogP contribution < -0.4 is 0 Å². The van der Waals surface area contributed by atoms with E-state index in [1.165, 1.54) is 0 Å². The monoisotopic (exact) mass is 352 g/mol. The second-order valence-corrected chi connectivity index (χ2v) is 0. The van der Waals surface area contributed by atoms with Crippen LogP contribution in [0, 0.1) is 0 Å². The maximum atomic E-state index is 0. The largest absolute Gasteiger partial charge is 2.00 e. The topological polar surface area (TPSA) is 57.0 Å². The van der Waals surface area contributed by atoms with Crippen molar-refractivity contribution in [3.05, 3.63) is 0 Å². The molecule has 0 aromatic heterocycles. The number of rotatable bonds is 0. The zero-order chi connectivity index (χ0) is 0. The van der Waals surface area contributed by atoms with Crippen LogP contribution in [0.1, 0.15) is 0 Å². The predicted molar refractivity (Wildman–Crippen MR) is 1.37 cm³/mol. The van der Waals surface area contributed by atoms with Gasteiger partial charge in [-0.25, -0.2) is 0 Å². The molecule has 0 aliphatic heterocycles. The molecule has 0 atom stereocenters. The van der Waals surface area contributed by atoms with Crippen LogP contribution >= 0.6 is 0 Å². The van der Waals surface area contributed by atoms with Crippen LogP contribution in [0.3, 0.4) is 0 Å². The van der Waals surface area contributed by atoms with Gasteiger partial charge in [-0.05, 0) is 0 Å². The molecule has 0 aliphatic carbocycles. The minimum atomic E-state index is 0. The fraction of sp³-hybridized carbons (Fsp3) is 0. The standard InChI is InChI=1S/2Ag.2O.Pd/q2*+1;2*-2;+2. The van der Waals surface area contributed by atoms with Gasteiger partial charge in [0.1, 0.15) is 0 Å². The molecule has 0 bridgehead atoms. The molecule has 0 unspecified atom stereocenters. The normalized spacial score (nSPS) is 0. The van der Waals surface area contributed by atoms with E-state index in [1.807, 2.05) is 0 Å². The minimum Gasteiger partial charge on any atom is -2.00 e. The Labute approximate surface area is 75.4 Å². The van der Waals surface area contributed by atoms with Crippen molar-refractivity contribution in [3.8, 4) is 0 Å². The van der Waals surface area contributed by atoms with E-state index in [0.717, 1.165) is 0 Å². The van der Waals surface area contributed by atoms with Gasteiger partial charge in [0, 0.05) is 0 Å². The van der Waals surface area contributed by atoms with Gasteiger partial charge in [0.15, 0.2) is 0 Å². The molecule has 0 spiro atoms. The number of hydrogen-bond acceptors (Lipinski definition) is 0. The van der Waals surface area contributed by atoms with E-state index < -0.39 is 0 Å². The quantitative estimate of drug-likeness (QED) is 0.539. The van der Waals surface area contributed by atoms with Crippen molar-refractivity contribution < 1.29 is 76.1 Å². The summed E-state index contributed by atoms with van der Waals surface area (Å²) < 4.78 is 0. The molecule has 0 radical (unpaired) electrons. The predicted octanol–water partition coefficient (Wildman–Crippen LogP) is -0.245. The molecule has 5 heavy (non-hydrogen) atoms. The molecule has 44 valence electrons. The van der Waals surface area contributed by atoms with Gasteiger partial charge in [0.2, 0.25) is 0 Å². The van der Waals surface area contributed by atoms with Gasteiger partial charge in [-0.1, -0.05) is 0 Å². The molecule has 0 amide bonds.